The number of rotatable bonds is 5. The summed E-state index contributed by atoms with van der Waals surface area (Å²) in [7, 11) is 0. The van der Waals surface area contributed by atoms with E-state index in [-0.39, 0.29) is 5.97 Å². The maximum Gasteiger partial charge on any atom is 0.338 e. The van der Waals surface area contributed by atoms with Gasteiger partial charge in [0.15, 0.2) is 0 Å². The molecule has 0 bridgehead atoms. The summed E-state index contributed by atoms with van der Waals surface area (Å²) in [6.07, 6.45) is 4.78. The second kappa shape index (κ2) is 6.80. The summed E-state index contributed by atoms with van der Waals surface area (Å²) in [5.74, 6) is -0.281. The van der Waals surface area contributed by atoms with Gasteiger partial charge in [-0.3, -0.25) is 0 Å². The normalized spacial score (nSPS) is 10.6. The number of ether oxygens (including phenoxy) is 1. The molecule has 1 aromatic carbocycles. The van der Waals surface area contributed by atoms with Gasteiger partial charge in [-0.2, -0.15) is 0 Å². The Bertz CT molecular complexity index is 372. The van der Waals surface area contributed by atoms with Crippen molar-refractivity contribution < 1.29 is 9.53 Å². The van der Waals surface area contributed by atoms with Crippen LogP contribution in [-0.4, -0.2) is 19.1 Å². The van der Waals surface area contributed by atoms with Crippen LogP contribution in [0.15, 0.2) is 30.3 Å². The van der Waals surface area contributed by atoms with Crippen molar-refractivity contribution in [2.45, 2.75) is 13.3 Å². The quantitative estimate of drug-likeness (QED) is 0.772. The number of benzene rings is 1. The Morgan fingerprint density at radius 2 is 2.31 bits per heavy atom. The van der Waals surface area contributed by atoms with Crippen molar-refractivity contribution in [2.24, 2.45) is 5.73 Å². The molecule has 3 heteroatoms. The molecule has 0 aliphatic heterocycles. The smallest absolute Gasteiger partial charge is 0.338 e. The summed E-state index contributed by atoms with van der Waals surface area (Å²) >= 11 is 0. The highest BCUT2D eigenvalue weighted by atomic mass is 16.5. The zero-order valence-electron chi connectivity index (χ0n) is 9.48. The molecule has 2 N–H and O–H groups in total. The number of carbonyl (C=O) groups is 1. The van der Waals surface area contributed by atoms with Gasteiger partial charge in [-0.1, -0.05) is 24.3 Å². The van der Waals surface area contributed by atoms with E-state index in [4.69, 9.17) is 10.5 Å². The summed E-state index contributed by atoms with van der Waals surface area (Å²) in [4.78, 5) is 11.5. The van der Waals surface area contributed by atoms with Gasteiger partial charge in [0.1, 0.15) is 0 Å². The SMILES string of the molecule is CCOC(=O)c1cccc(C=CCCN)c1. The van der Waals surface area contributed by atoms with Crippen LogP contribution in [0.1, 0.15) is 29.3 Å². The van der Waals surface area contributed by atoms with Crippen LogP contribution in [0.3, 0.4) is 0 Å². The van der Waals surface area contributed by atoms with Gasteiger partial charge in [0.25, 0.3) is 0 Å². The molecule has 1 rings (SSSR count). The highest BCUT2D eigenvalue weighted by molar-refractivity contribution is 5.90. The van der Waals surface area contributed by atoms with Crippen molar-refractivity contribution in [3.63, 3.8) is 0 Å². The lowest BCUT2D eigenvalue weighted by molar-refractivity contribution is 0.0526. The molecule has 0 radical (unpaired) electrons. The molecule has 0 saturated carbocycles. The molecule has 0 spiro atoms. The third-order valence-electron chi connectivity index (χ3n) is 2.04. The predicted molar refractivity (Wildman–Crippen MR) is 65.1 cm³/mol. The second-order valence-corrected chi connectivity index (χ2v) is 3.33. The van der Waals surface area contributed by atoms with E-state index in [1.165, 1.54) is 0 Å². The minimum atomic E-state index is -0.281. The Morgan fingerprint density at radius 3 is 3.00 bits per heavy atom. The second-order valence-electron chi connectivity index (χ2n) is 3.33. The van der Waals surface area contributed by atoms with Crippen LogP contribution >= 0.6 is 0 Å². The van der Waals surface area contributed by atoms with E-state index < -0.39 is 0 Å². The Balaban J connectivity index is 2.74. The number of hydrogen-bond acceptors (Lipinski definition) is 3. The van der Waals surface area contributed by atoms with Gasteiger partial charge in [-0.25, -0.2) is 4.79 Å². The molecular formula is C13H17NO2. The van der Waals surface area contributed by atoms with E-state index in [0.29, 0.717) is 18.7 Å². The number of esters is 1. The van der Waals surface area contributed by atoms with Gasteiger partial charge in [-0.15, -0.1) is 0 Å². The molecule has 0 heterocycles. The first-order valence-electron chi connectivity index (χ1n) is 5.41. The van der Waals surface area contributed by atoms with Gasteiger partial charge in [0.2, 0.25) is 0 Å². The van der Waals surface area contributed by atoms with Gasteiger partial charge < -0.3 is 10.5 Å². The minimum absolute atomic E-state index is 0.281. The maximum absolute atomic E-state index is 11.5. The summed E-state index contributed by atoms with van der Waals surface area (Å²) in [5.41, 5.74) is 6.95. The van der Waals surface area contributed by atoms with Crippen LogP contribution in [-0.2, 0) is 4.74 Å². The van der Waals surface area contributed by atoms with Crippen LogP contribution in [0.2, 0.25) is 0 Å². The lowest BCUT2D eigenvalue weighted by atomic mass is 10.1. The molecule has 3 nitrogen and oxygen atoms in total. The fourth-order valence-corrected chi connectivity index (χ4v) is 1.30. The lowest BCUT2D eigenvalue weighted by Gasteiger charge is -2.02. The first-order valence-corrected chi connectivity index (χ1v) is 5.41. The molecule has 0 unspecified atom stereocenters. The molecule has 0 atom stereocenters. The lowest BCUT2D eigenvalue weighted by Crippen LogP contribution is -2.04. The van der Waals surface area contributed by atoms with E-state index in [0.717, 1.165) is 12.0 Å². The van der Waals surface area contributed by atoms with Crippen LogP contribution in [0, 0.1) is 0 Å². The predicted octanol–water partition coefficient (Wildman–Crippen LogP) is 2.23. The molecule has 1 aromatic rings. The zero-order valence-corrected chi connectivity index (χ0v) is 9.48. The van der Waals surface area contributed by atoms with E-state index in [9.17, 15) is 4.79 Å². The molecule has 0 fully saturated rings. The van der Waals surface area contributed by atoms with Crippen LogP contribution in [0.25, 0.3) is 6.08 Å². The molecule has 0 aliphatic rings. The highest BCUT2D eigenvalue weighted by Crippen LogP contribution is 2.08. The fraction of sp³-hybridized carbons (Fsp3) is 0.308. The van der Waals surface area contributed by atoms with Crippen molar-refractivity contribution >= 4 is 12.0 Å². The molecule has 0 aromatic heterocycles. The van der Waals surface area contributed by atoms with Crippen molar-refractivity contribution in [3.05, 3.63) is 41.5 Å². The van der Waals surface area contributed by atoms with Crippen LogP contribution in [0.5, 0.6) is 0 Å². The van der Waals surface area contributed by atoms with Gasteiger partial charge in [0.05, 0.1) is 12.2 Å². The molecule has 16 heavy (non-hydrogen) atoms. The summed E-state index contributed by atoms with van der Waals surface area (Å²) in [5, 5.41) is 0. The minimum Gasteiger partial charge on any atom is -0.462 e. The standard InChI is InChI=1S/C13H17NO2/c1-2-16-13(15)12-8-5-7-11(10-12)6-3-4-9-14/h3,5-8,10H,2,4,9,14H2,1H3. The van der Waals surface area contributed by atoms with E-state index in [2.05, 4.69) is 0 Å². The third kappa shape index (κ3) is 3.87. The van der Waals surface area contributed by atoms with E-state index in [1.807, 2.05) is 30.4 Å². The monoisotopic (exact) mass is 219 g/mol. The van der Waals surface area contributed by atoms with Crippen molar-refractivity contribution in [1.29, 1.82) is 0 Å². The molecule has 86 valence electrons. The molecular weight excluding hydrogens is 202 g/mol. The maximum atomic E-state index is 11.5. The molecule has 0 amide bonds. The largest absolute Gasteiger partial charge is 0.462 e. The first-order chi connectivity index (χ1) is 7.77. The zero-order chi connectivity index (χ0) is 11.8. The number of nitrogens with two attached hydrogens (primary N) is 1. The summed E-state index contributed by atoms with van der Waals surface area (Å²) in [6.45, 7) is 2.82. The Kier molecular flexibility index (Phi) is 5.29. The van der Waals surface area contributed by atoms with Gasteiger partial charge >= 0.3 is 5.97 Å². The Hall–Kier alpha value is -1.61. The average Bonchev–Trinajstić information content (AvgIpc) is 2.30. The Morgan fingerprint density at radius 1 is 1.50 bits per heavy atom. The Labute approximate surface area is 95.9 Å². The van der Waals surface area contributed by atoms with Crippen molar-refractivity contribution in [1.82, 2.24) is 0 Å². The highest BCUT2D eigenvalue weighted by Gasteiger charge is 2.05. The average molecular weight is 219 g/mol. The fourth-order valence-electron chi connectivity index (χ4n) is 1.30. The number of carbonyl (C=O) groups excluding carboxylic acids is 1. The van der Waals surface area contributed by atoms with Gasteiger partial charge in [0, 0.05) is 0 Å². The first kappa shape index (κ1) is 12.5. The topological polar surface area (TPSA) is 52.3 Å². The van der Waals surface area contributed by atoms with E-state index >= 15 is 0 Å². The van der Waals surface area contributed by atoms with Crippen LogP contribution < -0.4 is 5.73 Å². The summed E-state index contributed by atoms with van der Waals surface area (Å²) < 4.78 is 4.93. The van der Waals surface area contributed by atoms with Gasteiger partial charge in [-0.05, 0) is 37.6 Å². The molecule has 0 aliphatic carbocycles. The van der Waals surface area contributed by atoms with Crippen molar-refractivity contribution in [2.75, 3.05) is 13.2 Å². The van der Waals surface area contributed by atoms with Crippen molar-refractivity contribution in [3.8, 4) is 0 Å². The number of hydrogen-bond donors (Lipinski definition) is 1. The van der Waals surface area contributed by atoms with Crippen LogP contribution in [0.4, 0.5) is 0 Å². The van der Waals surface area contributed by atoms with E-state index in [1.54, 1.807) is 13.0 Å². The summed E-state index contributed by atoms with van der Waals surface area (Å²) in [6, 6.07) is 7.34. The molecule has 0 saturated heterocycles. The third-order valence-corrected chi connectivity index (χ3v) is 2.04.